The number of aliphatic carboxylic acids is 1. The fourth-order valence-corrected chi connectivity index (χ4v) is 6.83. The number of carboxylic acid groups (broad SMARTS) is 1. The molecule has 0 aromatic carbocycles. The molecule has 2 aromatic rings. The number of hydrogen-bond donors (Lipinski definition) is 1. The molecule has 28 heavy (non-hydrogen) atoms. The molecule has 2 aromatic heterocycles. The Morgan fingerprint density at radius 1 is 1.25 bits per heavy atom. The van der Waals surface area contributed by atoms with Crippen LogP contribution in [0.2, 0.25) is 0 Å². The topological polar surface area (TPSA) is 53.4 Å². The second kappa shape index (κ2) is 8.54. The number of carbonyl (C=O) groups is 1. The van der Waals surface area contributed by atoms with Gasteiger partial charge >= 0.3 is 5.97 Å². The molecule has 0 bridgehead atoms. The van der Waals surface area contributed by atoms with E-state index in [1.807, 2.05) is 0 Å². The van der Waals surface area contributed by atoms with Gasteiger partial charge in [-0.3, -0.25) is 4.79 Å². The van der Waals surface area contributed by atoms with Crippen molar-refractivity contribution in [1.82, 2.24) is 4.98 Å². The van der Waals surface area contributed by atoms with Crippen LogP contribution in [0.15, 0.2) is 17.5 Å². The SMILES string of the molecule is Cc1ccc(CN(CCC(=O)O)c2nc(C3CCC4(CCCC4)CC3)cs2)s1. The average Bonchev–Trinajstić information content (AvgIpc) is 3.41. The molecule has 2 heterocycles. The van der Waals surface area contributed by atoms with Crippen molar-refractivity contribution in [3.05, 3.63) is 33.0 Å². The van der Waals surface area contributed by atoms with Crippen LogP contribution in [0, 0.1) is 12.3 Å². The monoisotopic (exact) mass is 418 g/mol. The summed E-state index contributed by atoms with van der Waals surface area (Å²) in [5.74, 6) is -0.167. The zero-order valence-electron chi connectivity index (χ0n) is 16.7. The maximum Gasteiger partial charge on any atom is 0.305 e. The number of thiophene rings is 1. The fraction of sp³-hybridized carbons (Fsp3) is 0.636. The summed E-state index contributed by atoms with van der Waals surface area (Å²) in [5.41, 5.74) is 1.88. The average molecular weight is 419 g/mol. The van der Waals surface area contributed by atoms with E-state index in [0.29, 0.717) is 17.9 Å². The van der Waals surface area contributed by atoms with Gasteiger partial charge in [-0.2, -0.15) is 0 Å². The Kier molecular flexibility index (Phi) is 6.07. The van der Waals surface area contributed by atoms with E-state index in [4.69, 9.17) is 10.1 Å². The third kappa shape index (κ3) is 4.60. The number of aromatic nitrogens is 1. The highest BCUT2D eigenvalue weighted by Crippen LogP contribution is 2.52. The number of aryl methyl sites for hydroxylation is 1. The molecule has 2 aliphatic carbocycles. The molecular weight excluding hydrogens is 388 g/mol. The molecule has 152 valence electrons. The summed E-state index contributed by atoms with van der Waals surface area (Å²) in [6.07, 6.45) is 11.1. The summed E-state index contributed by atoms with van der Waals surface area (Å²) in [5, 5.41) is 12.3. The largest absolute Gasteiger partial charge is 0.481 e. The molecule has 4 rings (SSSR count). The highest BCUT2D eigenvalue weighted by molar-refractivity contribution is 7.14. The van der Waals surface area contributed by atoms with Crippen molar-refractivity contribution in [3.63, 3.8) is 0 Å². The van der Waals surface area contributed by atoms with E-state index in [9.17, 15) is 4.79 Å². The van der Waals surface area contributed by atoms with Crippen molar-refractivity contribution >= 4 is 33.8 Å². The van der Waals surface area contributed by atoms with Crippen LogP contribution in [0.5, 0.6) is 0 Å². The first kappa shape index (κ1) is 19.9. The highest BCUT2D eigenvalue weighted by atomic mass is 32.1. The van der Waals surface area contributed by atoms with Gasteiger partial charge in [-0.25, -0.2) is 4.98 Å². The van der Waals surface area contributed by atoms with Gasteiger partial charge in [-0.05, 0) is 63.0 Å². The standard InChI is InChI=1S/C22H30N2O2S2/c1-16-4-5-18(28-16)14-24(13-8-20(25)26)21-23-19(15-27-21)17-6-11-22(12-7-17)9-2-3-10-22/h4-5,15,17H,2-3,6-14H2,1H3,(H,25,26). The molecule has 2 aliphatic rings. The van der Waals surface area contributed by atoms with Crippen molar-refractivity contribution in [2.45, 2.75) is 77.2 Å². The van der Waals surface area contributed by atoms with E-state index in [-0.39, 0.29) is 6.42 Å². The third-order valence-corrected chi connectivity index (χ3v) is 8.55. The number of thiazole rings is 1. The Labute approximate surface area is 175 Å². The first-order chi connectivity index (χ1) is 13.5. The summed E-state index contributed by atoms with van der Waals surface area (Å²) < 4.78 is 0. The van der Waals surface area contributed by atoms with Crippen molar-refractivity contribution < 1.29 is 9.90 Å². The molecule has 1 spiro atoms. The van der Waals surface area contributed by atoms with Crippen LogP contribution >= 0.6 is 22.7 Å². The van der Waals surface area contributed by atoms with Crippen LogP contribution in [-0.4, -0.2) is 22.6 Å². The number of hydrogen-bond acceptors (Lipinski definition) is 5. The number of anilines is 1. The van der Waals surface area contributed by atoms with Crippen LogP contribution in [0.1, 0.15) is 79.2 Å². The van der Waals surface area contributed by atoms with E-state index in [1.165, 1.54) is 66.8 Å². The van der Waals surface area contributed by atoms with Gasteiger partial charge in [-0.1, -0.05) is 12.8 Å². The predicted molar refractivity (Wildman–Crippen MR) is 117 cm³/mol. The van der Waals surface area contributed by atoms with Crippen LogP contribution in [0.3, 0.4) is 0 Å². The lowest BCUT2D eigenvalue weighted by atomic mass is 9.69. The number of nitrogens with zero attached hydrogens (tertiary/aromatic N) is 2. The second-order valence-corrected chi connectivity index (χ2v) is 10.8. The predicted octanol–water partition coefficient (Wildman–Crippen LogP) is 6.21. The zero-order chi connectivity index (χ0) is 19.6. The van der Waals surface area contributed by atoms with Gasteiger partial charge in [0.1, 0.15) is 0 Å². The Balaban J connectivity index is 1.44. The Morgan fingerprint density at radius 2 is 2.00 bits per heavy atom. The van der Waals surface area contributed by atoms with Crippen molar-refractivity contribution in [3.8, 4) is 0 Å². The fourth-order valence-electron chi connectivity index (χ4n) is 4.99. The third-order valence-electron chi connectivity index (χ3n) is 6.65. The summed E-state index contributed by atoms with van der Waals surface area (Å²) >= 11 is 3.46. The Bertz CT molecular complexity index is 797. The minimum atomic E-state index is -0.752. The summed E-state index contributed by atoms with van der Waals surface area (Å²) in [4.78, 5) is 20.8. The number of rotatable bonds is 7. The molecule has 0 amide bonds. The van der Waals surface area contributed by atoms with Gasteiger partial charge in [0, 0.05) is 27.6 Å². The zero-order valence-corrected chi connectivity index (χ0v) is 18.3. The van der Waals surface area contributed by atoms with Crippen LogP contribution in [0.25, 0.3) is 0 Å². The van der Waals surface area contributed by atoms with Gasteiger partial charge < -0.3 is 10.0 Å². The van der Waals surface area contributed by atoms with Crippen LogP contribution in [-0.2, 0) is 11.3 Å². The van der Waals surface area contributed by atoms with Crippen LogP contribution in [0.4, 0.5) is 5.13 Å². The molecule has 0 radical (unpaired) electrons. The molecule has 2 saturated carbocycles. The van der Waals surface area contributed by atoms with E-state index in [0.717, 1.165) is 11.7 Å². The van der Waals surface area contributed by atoms with E-state index in [1.54, 1.807) is 22.7 Å². The Morgan fingerprint density at radius 3 is 2.64 bits per heavy atom. The van der Waals surface area contributed by atoms with Crippen molar-refractivity contribution in [1.29, 1.82) is 0 Å². The summed E-state index contributed by atoms with van der Waals surface area (Å²) in [6.45, 7) is 3.36. The van der Waals surface area contributed by atoms with Crippen LogP contribution < -0.4 is 4.90 Å². The van der Waals surface area contributed by atoms with E-state index >= 15 is 0 Å². The lowest BCUT2D eigenvalue weighted by molar-refractivity contribution is -0.136. The van der Waals surface area contributed by atoms with Gasteiger partial charge in [0.2, 0.25) is 0 Å². The van der Waals surface area contributed by atoms with E-state index in [2.05, 4.69) is 29.3 Å². The van der Waals surface area contributed by atoms with E-state index < -0.39 is 5.97 Å². The first-order valence-corrected chi connectivity index (χ1v) is 12.2. The lowest BCUT2D eigenvalue weighted by Gasteiger charge is -2.36. The molecule has 0 saturated heterocycles. The lowest BCUT2D eigenvalue weighted by Crippen LogP contribution is -2.26. The van der Waals surface area contributed by atoms with Gasteiger partial charge in [0.25, 0.3) is 0 Å². The Hall–Kier alpha value is -1.40. The quantitative estimate of drug-likeness (QED) is 0.580. The molecule has 0 atom stereocenters. The minimum Gasteiger partial charge on any atom is -0.481 e. The molecule has 2 fully saturated rings. The normalized spacial score (nSPS) is 19.3. The second-order valence-electron chi connectivity index (χ2n) is 8.61. The smallest absolute Gasteiger partial charge is 0.305 e. The molecule has 4 nitrogen and oxygen atoms in total. The van der Waals surface area contributed by atoms with Crippen molar-refractivity contribution in [2.75, 3.05) is 11.4 Å². The van der Waals surface area contributed by atoms with Gasteiger partial charge in [0.05, 0.1) is 18.7 Å². The molecule has 0 unspecified atom stereocenters. The first-order valence-electron chi connectivity index (χ1n) is 10.5. The summed E-state index contributed by atoms with van der Waals surface area (Å²) in [6, 6.07) is 4.27. The maximum atomic E-state index is 11.1. The maximum absolute atomic E-state index is 11.1. The molecule has 6 heteroatoms. The van der Waals surface area contributed by atoms with Crippen molar-refractivity contribution in [2.24, 2.45) is 5.41 Å². The molecule has 0 aliphatic heterocycles. The van der Waals surface area contributed by atoms with Gasteiger partial charge in [-0.15, -0.1) is 22.7 Å². The van der Waals surface area contributed by atoms with Gasteiger partial charge in [0.15, 0.2) is 5.13 Å². The molecular formula is C22H30N2O2S2. The minimum absolute atomic E-state index is 0.144. The summed E-state index contributed by atoms with van der Waals surface area (Å²) in [7, 11) is 0. The molecule has 1 N–H and O–H groups in total. The number of carboxylic acids is 1. The highest BCUT2D eigenvalue weighted by Gasteiger charge is 2.38.